The fraction of sp³-hybridized carbons (Fsp3) is 0.167. The number of thioether (sulfide) groups is 1. The molecule has 0 saturated heterocycles. The summed E-state index contributed by atoms with van der Waals surface area (Å²) in [6.07, 6.45) is 0. The lowest BCUT2D eigenvalue weighted by molar-refractivity contribution is -0.127. The smallest absolute Gasteiger partial charge is 0.258 e. The van der Waals surface area contributed by atoms with Crippen LogP contribution in [-0.4, -0.2) is 33.6 Å². The first kappa shape index (κ1) is 17.7. The minimum atomic E-state index is -0.189. The van der Waals surface area contributed by atoms with Gasteiger partial charge in [0.1, 0.15) is 5.82 Å². The molecule has 5 nitrogen and oxygen atoms in total. The van der Waals surface area contributed by atoms with Crippen molar-refractivity contribution in [2.45, 2.75) is 11.4 Å². The summed E-state index contributed by atoms with van der Waals surface area (Å²) in [6.45, 7) is 0.264. The number of rotatable bonds is 5. The molecule has 1 heterocycles. The molecule has 0 spiro atoms. The lowest BCUT2D eigenvalue weighted by Gasteiger charge is -2.16. The number of carbonyl (C=O) groups excluding carboxylic acids is 1. The molecular weight excluding hydrogens is 402 g/mol. The van der Waals surface area contributed by atoms with Gasteiger partial charge in [-0.1, -0.05) is 28.1 Å². The summed E-state index contributed by atoms with van der Waals surface area (Å²) in [7, 11) is 1.71. The number of nitrogens with zero attached hydrogens (tertiary/aromatic N) is 2. The number of aromatic nitrogens is 2. The Morgan fingerprint density at radius 2 is 1.92 bits per heavy atom. The van der Waals surface area contributed by atoms with Crippen LogP contribution in [0.25, 0.3) is 10.9 Å². The highest BCUT2D eigenvalue weighted by Crippen LogP contribution is 2.21. The molecule has 7 heteroatoms. The second-order valence-electron chi connectivity index (χ2n) is 5.52. The number of para-hydroxylation sites is 1. The molecule has 1 aromatic heterocycles. The van der Waals surface area contributed by atoms with Gasteiger partial charge in [0.05, 0.1) is 23.2 Å². The molecule has 0 radical (unpaired) electrons. The molecule has 0 bridgehead atoms. The molecule has 128 valence electrons. The van der Waals surface area contributed by atoms with Crippen LogP contribution in [0.4, 0.5) is 0 Å². The maximum absolute atomic E-state index is 12.3. The third-order valence-corrected chi connectivity index (χ3v) is 5.18. The van der Waals surface area contributed by atoms with Crippen LogP contribution in [-0.2, 0) is 11.3 Å². The van der Waals surface area contributed by atoms with E-state index in [0.29, 0.717) is 22.5 Å². The zero-order valence-corrected chi connectivity index (χ0v) is 15.9. The quantitative estimate of drug-likeness (QED) is 0.645. The SMILES string of the molecule is CN(Cc1nc2ccccc2c(=O)[nH]1)C(=O)CSc1ccc(Br)cc1. The summed E-state index contributed by atoms with van der Waals surface area (Å²) in [4.78, 5) is 34.2. The van der Waals surface area contributed by atoms with Gasteiger partial charge in [0, 0.05) is 16.4 Å². The van der Waals surface area contributed by atoms with Gasteiger partial charge in [0.25, 0.3) is 5.56 Å². The summed E-state index contributed by atoms with van der Waals surface area (Å²) in [6, 6.07) is 15.0. The van der Waals surface area contributed by atoms with E-state index < -0.39 is 0 Å². The van der Waals surface area contributed by atoms with Crippen LogP contribution < -0.4 is 5.56 Å². The van der Waals surface area contributed by atoms with Crippen molar-refractivity contribution in [3.8, 4) is 0 Å². The van der Waals surface area contributed by atoms with Gasteiger partial charge >= 0.3 is 0 Å². The third kappa shape index (κ3) is 4.49. The predicted octanol–water partition coefficient (Wildman–Crippen LogP) is 3.44. The molecule has 0 saturated carbocycles. The van der Waals surface area contributed by atoms with Crippen LogP contribution in [0.2, 0.25) is 0 Å². The molecule has 1 N–H and O–H groups in total. The van der Waals surface area contributed by atoms with Gasteiger partial charge in [-0.05, 0) is 36.4 Å². The van der Waals surface area contributed by atoms with Gasteiger partial charge in [-0.25, -0.2) is 4.98 Å². The van der Waals surface area contributed by atoms with E-state index in [-0.39, 0.29) is 18.0 Å². The van der Waals surface area contributed by atoms with Gasteiger partial charge in [0.15, 0.2) is 0 Å². The number of nitrogens with one attached hydrogen (secondary N) is 1. The molecular formula is C18H16BrN3O2S. The molecule has 0 aliphatic rings. The zero-order chi connectivity index (χ0) is 17.8. The number of halogens is 1. The normalized spacial score (nSPS) is 10.8. The Morgan fingerprint density at radius 3 is 2.68 bits per heavy atom. The van der Waals surface area contributed by atoms with E-state index in [1.54, 1.807) is 30.1 Å². The molecule has 0 atom stereocenters. The largest absolute Gasteiger partial charge is 0.338 e. The van der Waals surface area contributed by atoms with Crippen molar-refractivity contribution in [2.24, 2.45) is 0 Å². The zero-order valence-electron chi connectivity index (χ0n) is 13.5. The Morgan fingerprint density at radius 1 is 1.20 bits per heavy atom. The van der Waals surface area contributed by atoms with Crippen LogP contribution in [0.5, 0.6) is 0 Å². The standard InChI is InChI=1S/C18H16BrN3O2S/c1-22(17(23)11-25-13-8-6-12(19)7-9-13)10-16-20-15-5-3-2-4-14(15)18(24)21-16/h2-9H,10-11H2,1H3,(H,20,21,24). The van der Waals surface area contributed by atoms with Crippen molar-refractivity contribution < 1.29 is 4.79 Å². The highest BCUT2D eigenvalue weighted by atomic mass is 79.9. The molecule has 0 unspecified atom stereocenters. The Kier molecular flexibility index (Phi) is 5.55. The van der Waals surface area contributed by atoms with Crippen LogP contribution in [0.3, 0.4) is 0 Å². The highest BCUT2D eigenvalue weighted by molar-refractivity contribution is 9.10. The topological polar surface area (TPSA) is 66.1 Å². The number of hydrogen-bond acceptors (Lipinski definition) is 4. The van der Waals surface area contributed by atoms with Crippen molar-refractivity contribution >= 4 is 44.5 Å². The van der Waals surface area contributed by atoms with Gasteiger partial charge in [-0.2, -0.15) is 0 Å². The number of H-pyrrole nitrogens is 1. The molecule has 25 heavy (non-hydrogen) atoms. The fourth-order valence-corrected chi connectivity index (χ4v) is 3.41. The molecule has 0 aliphatic heterocycles. The average Bonchev–Trinajstić information content (AvgIpc) is 2.61. The van der Waals surface area contributed by atoms with Crippen molar-refractivity contribution in [1.82, 2.24) is 14.9 Å². The summed E-state index contributed by atoms with van der Waals surface area (Å²) < 4.78 is 1.01. The molecule has 2 aromatic carbocycles. The molecule has 0 fully saturated rings. The first-order valence-corrected chi connectivity index (χ1v) is 9.41. The summed E-state index contributed by atoms with van der Waals surface area (Å²) >= 11 is 4.87. The lowest BCUT2D eigenvalue weighted by Crippen LogP contribution is -2.29. The molecule has 3 rings (SSSR count). The Hall–Kier alpha value is -2.12. The van der Waals surface area contributed by atoms with Crippen LogP contribution in [0, 0.1) is 0 Å². The van der Waals surface area contributed by atoms with E-state index in [2.05, 4.69) is 25.9 Å². The van der Waals surface area contributed by atoms with Gasteiger partial charge in [-0.15, -0.1) is 11.8 Å². The Balaban J connectivity index is 1.65. The predicted molar refractivity (Wildman–Crippen MR) is 104 cm³/mol. The molecule has 1 amide bonds. The van der Waals surface area contributed by atoms with Gasteiger partial charge in [0.2, 0.25) is 5.91 Å². The first-order valence-electron chi connectivity index (χ1n) is 7.63. The Labute approximate surface area is 157 Å². The van der Waals surface area contributed by atoms with E-state index >= 15 is 0 Å². The van der Waals surface area contributed by atoms with E-state index in [4.69, 9.17) is 0 Å². The summed E-state index contributed by atoms with van der Waals surface area (Å²) in [5.41, 5.74) is 0.442. The fourth-order valence-electron chi connectivity index (χ4n) is 2.31. The Bertz CT molecular complexity index is 956. The molecule has 0 aliphatic carbocycles. The second kappa shape index (κ2) is 7.84. The average molecular weight is 418 g/mol. The number of hydrogen-bond donors (Lipinski definition) is 1. The maximum Gasteiger partial charge on any atom is 0.258 e. The first-order chi connectivity index (χ1) is 12.0. The monoisotopic (exact) mass is 417 g/mol. The highest BCUT2D eigenvalue weighted by Gasteiger charge is 2.12. The number of aromatic amines is 1. The molecule has 3 aromatic rings. The maximum atomic E-state index is 12.3. The number of carbonyl (C=O) groups is 1. The number of amides is 1. The minimum Gasteiger partial charge on any atom is -0.338 e. The van der Waals surface area contributed by atoms with Crippen molar-refractivity contribution in [2.75, 3.05) is 12.8 Å². The lowest BCUT2D eigenvalue weighted by atomic mass is 10.2. The summed E-state index contributed by atoms with van der Waals surface area (Å²) in [5, 5.41) is 0.547. The van der Waals surface area contributed by atoms with Gasteiger partial charge < -0.3 is 9.88 Å². The van der Waals surface area contributed by atoms with Crippen molar-refractivity contribution in [1.29, 1.82) is 0 Å². The van der Waals surface area contributed by atoms with E-state index in [1.165, 1.54) is 11.8 Å². The van der Waals surface area contributed by atoms with Crippen molar-refractivity contribution in [3.05, 3.63) is 69.2 Å². The number of benzene rings is 2. The number of fused-ring (bicyclic) bond motifs is 1. The van der Waals surface area contributed by atoms with Crippen LogP contribution in [0.1, 0.15) is 5.82 Å². The second-order valence-corrected chi connectivity index (χ2v) is 7.49. The van der Waals surface area contributed by atoms with E-state index in [9.17, 15) is 9.59 Å². The van der Waals surface area contributed by atoms with Crippen LogP contribution in [0.15, 0.2) is 62.7 Å². The minimum absolute atomic E-state index is 0.0243. The van der Waals surface area contributed by atoms with Gasteiger partial charge in [-0.3, -0.25) is 9.59 Å². The van der Waals surface area contributed by atoms with E-state index in [0.717, 1.165) is 9.37 Å². The summed E-state index contributed by atoms with van der Waals surface area (Å²) in [5.74, 6) is 0.785. The van der Waals surface area contributed by atoms with Crippen molar-refractivity contribution in [3.63, 3.8) is 0 Å². The third-order valence-electron chi connectivity index (χ3n) is 3.65. The van der Waals surface area contributed by atoms with Crippen LogP contribution >= 0.6 is 27.7 Å². The van der Waals surface area contributed by atoms with E-state index in [1.807, 2.05) is 30.3 Å².